The molecule has 0 unspecified atom stereocenters. The number of nitrogens with one attached hydrogen (secondary N) is 2. The second-order valence-electron chi connectivity index (χ2n) is 6.51. The van der Waals surface area contributed by atoms with Gasteiger partial charge in [-0.3, -0.25) is 5.10 Å². The average molecular weight is 298 g/mol. The number of aromatic amines is 1. The van der Waals surface area contributed by atoms with Crippen LogP contribution < -0.4 is 5.32 Å². The number of likely N-dealkylation sites (tertiary alicyclic amines) is 1. The van der Waals surface area contributed by atoms with E-state index in [1.54, 1.807) is 0 Å². The standard InChI is InChI=1S/C18H26N4/c1-14(2)22-9-8-15(13-22)10-19-11-17-12-20-21-18(17)16-6-4-3-5-7-16/h3-7,12,14-15,19H,8-11,13H2,1-2H3,(H,20,21)/t15-/m0/s1. The van der Waals surface area contributed by atoms with Crippen LogP contribution in [0.25, 0.3) is 11.3 Å². The SMILES string of the molecule is CC(C)N1CC[C@@H](CNCc2cn[nH]c2-c2ccccc2)C1. The fourth-order valence-corrected chi connectivity index (χ4v) is 3.21. The van der Waals surface area contributed by atoms with Gasteiger partial charge in [0.15, 0.2) is 0 Å². The number of hydrogen-bond acceptors (Lipinski definition) is 3. The van der Waals surface area contributed by atoms with Crippen molar-refractivity contribution in [2.45, 2.75) is 32.9 Å². The van der Waals surface area contributed by atoms with Gasteiger partial charge in [-0.2, -0.15) is 5.10 Å². The van der Waals surface area contributed by atoms with E-state index in [-0.39, 0.29) is 0 Å². The Hall–Kier alpha value is -1.65. The highest BCUT2D eigenvalue weighted by Crippen LogP contribution is 2.21. The molecule has 22 heavy (non-hydrogen) atoms. The van der Waals surface area contributed by atoms with Gasteiger partial charge in [-0.15, -0.1) is 0 Å². The molecule has 4 heteroatoms. The first-order valence-corrected chi connectivity index (χ1v) is 8.26. The minimum absolute atomic E-state index is 0.670. The molecule has 1 aliphatic heterocycles. The number of H-pyrrole nitrogens is 1. The molecule has 3 rings (SSSR count). The minimum Gasteiger partial charge on any atom is -0.312 e. The van der Waals surface area contributed by atoms with E-state index < -0.39 is 0 Å². The molecule has 1 saturated heterocycles. The first-order chi connectivity index (χ1) is 10.7. The van der Waals surface area contributed by atoms with E-state index in [0.717, 1.165) is 24.7 Å². The van der Waals surface area contributed by atoms with E-state index in [1.165, 1.54) is 30.6 Å². The zero-order valence-corrected chi connectivity index (χ0v) is 13.5. The first-order valence-electron chi connectivity index (χ1n) is 8.26. The maximum Gasteiger partial charge on any atom is 0.0695 e. The highest BCUT2D eigenvalue weighted by Gasteiger charge is 2.23. The molecule has 1 aromatic heterocycles. The van der Waals surface area contributed by atoms with Crippen LogP contribution >= 0.6 is 0 Å². The van der Waals surface area contributed by atoms with Crippen LogP contribution in [0.2, 0.25) is 0 Å². The zero-order valence-electron chi connectivity index (χ0n) is 13.5. The van der Waals surface area contributed by atoms with Gasteiger partial charge in [0.1, 0.15) is 0 Å². The van der Waals surface area contributed by atoms with Crippen molar-refractivity contribution in [2.75, 3.05) is 19.6 Å². The van der Waals surface area contributed by atoms with Gasteiger partial charge in [-0.05, 0) is 44.8 Å². The van der Waals surface area contributed by atoms with Gasteiger partial charge in [0.25, 0.3) is 0 Å². The quantitative estimate of drug-likeness (QED) is 0.862. The van der Waals surface area contributed by atoms with Crippen molar-refractivity contribution in [2.24, 2.45) is 5.92 Å². The molecular weight excluding hydrogens is 272 g/mol. The molecule has 0 spiro atoms. The summed E-state index contributed by atoms with van der Waals surface area (Å²) in [6.45, 7) is 8.99. The second kappa shape index (κ2) is 7.07. The molecule has 0 aliphatic carbocycles. The summed E-state index contributed by atoms with van der Waals surface area (Å²) in [4.78, 5) is 2.57. The molecular formula is C18H26N4. The summed E-state index contributed by atoms with van der Waals surface area (Å²) in [6, 6.07) is 11.1. The Morgan fingerprint density at radius 2 is 2.14 bits per heavy atom. The van der Waals surface area contributed by atoms with Crippen molar-refractivity contribution in [1.82, 2.24) is 20.4 Å². The third-order valence-corrected chi connectivity index (χ3v) is 4.58. The van der Waals surface area contributed by atoms with Gasteiger partial charge in [0.2, 0.25) is 0 Å². The third kappa shape index (κ3) is 3.57. The van der Waals surface area contributed by atoms with Gasteiger partial charge in [0, 0.05) is 24.7 Å². The molecule has 1 aromatic carbocycles. The Balaban J connectivity index is 1.52. The molecule has 2 aromatic rings. The summed E-state index contributed by atoms with van der Waals surface area (Å²) in [5.41, 5.74) is 3.57. The summed E-state index contributed by atoms with van der Waals surface area (Å²) in [5, 5.41) is 10.9. The van der Waals surface area contributed by atoms with Crippen molar-refractivity contribution >= 4 is 0 Å². The highest BCUT2D eigenvalue weighted by molar-refractivity contribution is 5.62. The Morgan fingerprint density at radius 1 is 1.32 bits per heavy atom. The fraction of sp³-hybridized carbons (Fsp3) is 0.500. The largest absolute Gasteiger partial charge is 0.312 e. The predicted molar refractivity (Wildman–Crippen MR) is 90.5 cm³/mol. The lowest BCUT2D eigenvalue weighted by Crippen LogP contribution is -2.30. The van der Waals surface area contributed by atoms with Crippen LogP contribution in [0, 0.1) is 5.92 Å². The number of benzene rings is 1. The van der Waals surface area contributed by atoms with Gasteiger partial charge in [0.05, 0.1) is 11.9 Å². The number of aromatic nitrogens is 2. The van der Waals surface area contributed by atoms with Crippen molar-refractivity contribution in [3.05, 3.63) is 42.1 Å². The molecule has 4 nitrogen and oxygen atoms in total. The van der Waals surface area contributed by atoms with Crippen molar-refractivity contribution < 1.29 is 0 Å². The monoisotopic (exact) mass is 298 g/mol. The summed E-state index contributed by atoms with van der Waals surface area (Å²) in [6.07, 6.45) is 3.24. The number of hydrogen-bond donors (Lipinski definition) is 2. The Morgan fingerprint density at radius 3 is 2.86 bits per heavy atom. The average Bonchev–Trinajstić information content (AvgIpc) is 3.17. The topological polar surface area (TPSA) is 44.0 Å². The zero-order chi connectivity index (χ0) is 15.4. The van der Waals surface area contributed by atoms with Crippen LogP contribution in [-0.4, -0.2) is 40.8 Å². The van der Waals surface area contributed by atoms with E-state index in [4.69, 9.17) is 0 Å². The highest BCUT2D eigenvalue weighted by atomic mass is 15.2. The van der Waals surface area contributed by atoms with E-state index in [2.05, 4.69) is 58.5 Å². The molecule has 0 radical (unpaired) electrons. The maximum atomic E-state index is 4.21. The molecule has 2 heterocycles. The molecule has 1 atom stereocenters. The van der Waals surface area contributed by atoms with Gasteiger partial charge < -0.3 is 10.2 Å². The molecule has 118 valence electrons. The molecule has 1 fully saturated rings. The van der Waals surface area contributed by atoms with Crippen molar-refractivity contribution in [1.29, 1.82) is 0 Å². The molecule has 2 N–H and O–H groups in total. The fourth-order valence-electron chi connectivity index (χ4n) is 3.21. The van der Waals surface area contributed by atoms with Crippen molar-refractivity contribution in [3.8, 4) is 11.3 Å². The van der Waals surface area contributed by atoms with E-state index in [0.29, 0.717) is 6.04 Å². The lowest BCUT2D eigenvalue weighted by Gasteiger charge is -2.20. The lowest BCUT2D eigenvalue weighted by molar-refractivity contribution is 0.264. The third-order valence-electron chi connectivity index (χ3n) is 4.58. The van der Waals surface area contributed by atoms with Gasteiger partial charge >= 0.3 is 0 Å². The van der Waals surface area contributed by atoms with Crippen molar-refractivity contribution in [3.63, 3.8) is 0 Å². The van der Waals surface area contributed by atoms with Crippen LogP contribution in [-0.2, 0) is 6.54 Å². The van der Waals surface area contributed by atoms with Crippen LogP contribution in [0.15, 0.2) is 36.5 Å². The van der Waals surface area contributed by atoms with E-state index in [1.807, 2.05) is 12.3 Å². The molecule has 0 saturated carbocycles. The summed E-state index contributed by atoms with van der Waals surface area (Å²) in [7, 11) is 0. The number of rotatable bonds is 6. The second-order valence-corrected chi connectivity index (χ2v) is 6.51. The van der Waals surface area contributed by atoms with Crippen LogP contribution in [0.3, 0.4) is 0 Å². The normalized spacial score (nSPS) is 19.1. The first kappa shape index (κ1) is 15.3. The van der Waals surface area contributed by atoms with Gasteiger partial charge in [-0.1, -0.05) is 30.3 Å². The number of nitrogens with zero attached hydrogens (tertiary/aromatic N) is 2. The molecule has 0 amide bonds. The Kier molecular flexibility index (Phi) is 4.90. The minimum atomic E-state index is 0.670. The Labute approximate surface area is 132 Å². The maximum absolute atomic E-state index is 4.21. The summed E-state index contributed by atoms with van der Waals surface area (Å²) >= 11 is 0. The predicted octanol–water partition coefficient (Wildman–Crippen LogP) is 2.90. The summed E-state index contributed by atoms with van der Waals surface area (Å²) in [5.74, 6) is 0.773. The van der Waals surface area contributed by atoms with E-state index in [9.17, 15) is 0 Å². The molecule has 1 aliphatic rings. The summed E-state index contributed by atoms with van der Waals surface area (Å²) < 4.78 is 0. The van der Waals surface area contributed by atoms with Crippen LogP contribution in [0.5, 0.6) is 0 Å². The van der Waals surface area contributed by atoms with Crippen LogP contribution in [0.4, 0.5) is 0 Å². The van der Waals surface area contributed by atoms with Gasteiger partial charge in [-0.25, -0.2) is 0 Å². The van der Waals surface area contributed by atoms with Crippen LogP contribution in [0.1, 0.15) is 25.8 Å². The van der Waals surface area contributed by atoms with E-state index >= 15 is 0 Å². The molecule has 0 bridgehead atoms. The smallest absolute Gasteiger partial charge is 0.0695 e. The lowest BCUT2D eigenvalue weighted by atomic mass is 10.1. The Bertz CT molecular complexity index is 576.